The fourth-order valence-electron chi connectivity index (χ4n) is 2.52. The van der Waals surface area contributed by atoms with Crippen LogP contribution >= 0.6 is 11.6 Å². The van der Waals surface area contributed by atoms with Gasteiger partial charge in [-0.3, -0.25) is 0 Å². The van der Waals surface area contributed by atoms with Gasteiger partial charge in [0.25, 0.3) is 0 Å². The zero-order valence-electron chi connectivity index (χ0n) is 10.6. The van der Waals surface area contributed by atoms with E-state index in [-0.39, 0.29) is 0 Å². The Morgan fingerprint density at radius 3 is 2.79 bits per heavy atom. The molecule has 0 amide bonds. The van der Waals surface area contributed by atoms with E-state index in [9.17, 15) is 0 Å². The average Bonchev–Trinajstić information content (AvgIpc) is 2.47. The molecule has 19 heavy (non-hydrogen) atoms. The molecule has 2 aromatic rings. The Bertz CT molecular complexity index is 580. The summed E-state index contributed by atoms with van der Waals surface area (Å²) in [6.45, 7) is 0.748. The molecule has 0 fully saturated rings. The molecule has 3 nitrogen and oxygen atoms in total. The van der Waals surface area contributed by atoms with Gasteiger partial charge >= 0.3 is 0 Å². The van der Waals surface area contributed by atoms with Crippen molar-refractivity contribution < 1.29 is 0 Å². The molecule has 1 aromatic carbocycles. The predicted octanol–water partition coefficient (Wildman–Crippen LogP) is 2.86. The number of nitrogens with zero attached hydrogens (tertiary/aromatic N) is 2. The third-order valence-corrected chi connectivity index (χ3v) is 3.94. The number of hydrogen-bond donors (Lipinski definition) is 1. The summed E-state index contributed by atoms with van der Waals surface area (Å²) in [6.07, 6.45) is 5.09. The van der Waals surface area contributed by atoms with Gasteiger partial charge in [0, 0.05) is 22.5 Å². The van der Waals surface area contributed by atoms with Crippen LogP contribution in [0.25, 0.3) is 11.4 Å². The Balaban J connectivity index is 1.92. The van der Waals surface area contributed by atoms with Crippen molar-refractivity contribution in [2.24, 2.45) is 11.7 Å². The Kier molecular flexibility index (Phi) is 3.49. The van der Waals surface area contributed by atoms with Crippen molar-refractivity contribution in [3.8, 4) is 11.4 Å². The van der Waals surface area contributed by atoms with Gasteiger partial charge in [0.2, 0.25) is 0 Å². The molecule has 1 aliphatic carbocycles. The zero-order valence-corrected chi connectivity index (χ0v) is 11.4. The molecule has 1 atom stereocenters. The molecule has 1 aromatic heterocycles. The van der Waals surface area contributed by atoms with Gasteiger partial charge in [-0.2, -0.15) is 0 Å². The van der Waals surface area contributed by atoms with E-state index in [0.29, 0.717) is 5.92 Å². The highest BCUT2D eigenvalue weighted by Crippen LogP contribution is 2.25. The molecule has 2 N–H and O–H groups in total. The van der Waals surface area contributed by atoms with Gasteiger partial charge < -0.3 is 5.73 Å². The van der Waals surface area contributed by atoms with Gasteiger partial charge in [0.05, 0.1) is 0 Å². The van der Waals surface area contributed by atoms with Crippen LogP contribution in [0.4, 0.5) is 0 Å². The van der Waals surface area contributed by atoms with E-state index in [1.807, 2.05) is 30.5 Å². The fraction of sp³-hybridized carbons (Fsp3) is 0.333. The van der Waals surface area contributed by atoms with E-state index >= 15 is 0 Å². The molecule has 3 rings (SSSR count). The Labute approximate surface area is 117 Å². The molecule has 1 aliphatic rings. The van der Waals surface area contributed by atoms with Crippen LogP contribution in [0.5, 0.6) is 0 Å². The topological polar surface area (TPSA) is 51.8 Å². The minimum absolute atomic E-state index is 0.581. The third kappa shape index (κ3) is 2.62. The second-order valence-corrected chi connectivity index (χ2v) is 5.45. The molecule has 1 heterocycles. The summed E-state index contributed by atoms with van der Waals surface area (Å²) in [7, 11) is 0. The van der Waals surface area contributed by atoms with E-state index in [1.54, 1.807) is 0 Å². The number of halogens is 1. The number of aromatic nitrogens is 2. The van der Waals surface area contributed by atoms with Crippen LogP contribution in [0.1, 0.15) is 17.7 Å². The lowest BCUT2D eigenvalue weighted by atomic mass is 9.87. The molecule has 4 heteroatoms. The maximum absolute atomic E-state index is 5.89. The highest BCUT2D eigenvalue weighted by molar-refractivity contribution is 6.30. The monoisotopic (exact) mass is 273 g/mol. The normalized spacial score (nSPS) is 18.1. The summed E-state index contributed by atoms with van der Waals surface area (Å²) < 4.78 is 0. The van der Waals surface area contributed by atoms with Crippen molar-refractivity contribution in [2.45, 2.75) is 19.3 Å². The van der Waals surface area contributed by atoms with Crippen molar-refractivity contribution in [3.63, 3.8) is 0 Å². The molecule has 0 aliphatic heterocycles. The van der Waals surface area contributed by atoms with Crippen LogP contribution in [-0.2, 0) is 12.8 Å². The fourth-order valence-corrected chi connectivity index (χ4v) is 2.65. The molecule has 0 bridgehead atoms. The largest absolute Gasteiger partial charge is 0.330 e. The van der Waals surface area contributed by atoms with Crippen molar-refractivity contribution in [2.75, 3.05) is 6.54 Å². The van der Waals surface area contributed by atoms with Crippen LogP contribution < -0.4 is 5.73 Å². The Morgan fingerprint density at radius 2 is 2.05 bits per heavy atom. The number of hydrogen-bond acceptors (Lipinski definition) is 3. The maximum Gasteiger partial charge on any atom is 0.159 e. The first-order valence-electron chi connectivity index (χ1n) is 6.57. The molecular weight excluding hydrogens is 258 g/mol. The summed E-state index contributed by atoms with van der Waals surface area (Å²) in [6, 6.07) is 7.64. The summed E-state index contributed by atoms with van der Waals surface area (Å²) in [4.78, 5) is 9.15. The van der Waals surface area contributed by atoms with E-state index in [1.165, 1.54) is 11.3 Å². The second kappa shape index (κ2) is 5.27. The van der Waals surface area contributed by atoms with Crippen LogP contribution in [0.3, 0.4) is 0 Å². The first-order valence-corrected chi connectivity index (χ1v) is 6.95. The van der Waals surface area contributed by atoms with Gasteiger partial charge in [-0.15, -0.1) is 0 Å². The van der Waals surface area contributed by atoms with Crippen molar-refractivity contribution >= 4 is 11.6 Å². The summed E-state index contributed by atoms with van der Waals surface area (Å²) in [5.41, 5.74) is 9.17. The molecule has 0 saturated carbocycles. The third-order valence-electron chi connectivity index (χ3n) is 3.69. The molecule has 0 saturated heterocycles. The lowest BCUT2D eigenvalue weighted by molar-refractivity contribution is 0.462. The minimum atomic E-state index is 0.581. The van der Waals surface area contributed by atoms with Gasteiger partial charge in [0.15, 0.2) is 5.82 Å². The van der Waals surface area contributed by atoms with Crippen LogP contribution in [-0.4, -0.2) is 16.5 Å². The van der Waals surface area contributed by atoms with Gasteiger partial charge in [-0.25, -0.2) is 9.97 Å². The van der Waals surface area contributed by atoms with Crippen LogP contribution in [0.2, 0.25) is 5.02 Å². The summed E-state index contributed by atoms with van der Waals surface area (Å²) >= 11 is 5.89. The molecule has 0 spiro atoms. The maximum atomic E-state index is 5.89. The highest BCUT2D eigenvalue weighted by atomic mass is 35.5. The Morgan fingerprint density at radius 1 is 1.26 bits per heavy atom. The zero-order chi connectivity index (χ0) is 13.2. The number of fused-ring (bicyclic) bond motifs is 1. The molecule has 1 unspecified atom stereocenters. The number of rotatable bonds is 2. The smallest absolute Gasteiger partial charge is 0.159 e. The first kappa shape index (κ1) is 12.6. The molecule has 0 radical (unpaired) electrons. The van der Waals surface area contributed by atoms with Gasteiger partial charge in [-0.05, 0) is 61.6 Å². The molecule has 98 valence electrons. The van der Waals surface area contributed by atoms with Gasteiger partial charge in [-0.1, -0.05) is 11.6 Å². The van der Waals surface area contributed by atoms with Crippen molar-refractivity contribution in [3.05, 3.63) is 46.7 Å². The average molecular weight is 274 g/mol. The molecular formula is C15H16ClN3. The predicted molar refractivity (Wildman–Crippen MR) is 77.0 cm³/mol. The first-order chi connectivity index (χ1) is 9.26. The highest BCUT2D eigenvalue weighted by Gasteiger charge is 2.19. The minimum Gasteiger partial charge on any atom is -0.330 e. The van der Waals surface area contributed by atoms with E-state index in [2.05, 4.69) is 9.97 Å². The van der Waals surface area contributed by atoms with E-state index in [4.69, 9.17) is 17.3 Å². The number of benzene rings is 1. The standard InChI is InChI=1S/C15H16ClN3/c16-13-4-2-11(3-5-13)15-18-9-12-7-10(8-17)1-6-14(12)19-15/h2-5,9-10H,1,6-8,17H2. The van der Waals surface area contributed by atoms with Crippen LogP contribution in [0, 0.1) is 5.92 Å². The lowest BCUT2D eigenvalue weighted by Crippen LogP contribution is -2.23. The van der Waals surface area contributed by atoms with Crippen molar-refractivity contribution in [1.29, 1.82) is 0 Å². The number of aryl methyl sites for hydroxylation is 1. The van der Waals surface area contributed by atoms with Gasteiger partial charge in [0.1, 0.15) is 0 Å². The summed E-state index contributed by atoms with van der Waals surface area (Å²) in [5.74, 6) is 1.36. The quantitative estimate of drug-likeness (QED) is 0.915. The van der Waals surface area contributed by atoms with E-state index < -0.39 is 0 Å². The van der Waals surface area contributed by atoms with Crippen LogP contribution in [0.15, 0.2) is 30.5 Å². The number of nitrogens with two attached hydrogens (primary N) is 1. The Hall–Kier alpha value is -1.45. The summed E-state index contributed by atoms with van der Waals surface area (Å²) in [5, 5.41) is 0.729. The SMILES string of the molecule is NCC1CCc2nc(-c3ccc(Cl)cc3)ncc2C1. The second-order valence-electron chi connectivity index (χ2n) is 5.02. The lowest BCUT2D eigenvalue weighted by Gasteiger charge is -2.22. The van der Waals surface area contributed by atoms with E-state index in [0.717, 1.165) is 42.2 Å². The van der Waals surface area contributed by atoms with Crippen molar-refractivity contribution in [1.82, 2.24) is 9.97 Å².